The molecule has 1 saturated heterocycles. The van der Waals surface area contributed by atoms with Crippen molar-refractivity contribution in [2.24, 2.45) is 0 Å². The van der Waals surface area contributed by atoms with Crippen LogP contribution in [-0.4, -0.2) is 28.4 Å². The second-order valence-electron chi connectivity index (χ2n) is 7.60. The first-order valence-corrected chi connectivity index (χ1v) is 12.1. The van der Waals surface area contributed by atoms with E-state index in [0.717, 1.165) is 5.69 Å². The number of rotatable bonds is 4. The van der Waals surface area contributed by atoms with Crippen molar-refractivity contribution < 1.29 is 13.2 Å². The summed E-state index contributed by atoms with van der Waals surface area (Å²) >= 11 is 12.0. The Kier molecular flexibility index (Phi) is 6.03. The van der Waals surface area contributed by atoms with Gasteiger partial charge in [0, 0.05) is 35.5 Å². The molecule has 1 heterocycles. The molecule has 0 aliphatic carbocycles. The molecule has 0 unspecified atom stereocenters. The average Bonchev–Trinajstić information content (AvgIpc) is 2.96. The van der Waals surface area contributed by atoms with Crippen molar-refractivity contribution >= 4 is 56.4 Å². The molecule has 0 saturated carbocycles. The molecule has 8 heteroatoms. The topological polar surface area (TPSA) is 57.7 Å². The van der Waals surface area contributed by atoms with Crippen LogP contribution in [0.5, 0.6) is 0 Å². The van der Waals surface area contributed by atoms with Crippen LogP contribution in [0.4, 0.5) is 11.4 Å². The number of hydrogen-bond donors (Lipinski definition) is 0. The van der Waals surface area contributed by atoms with E-state index in [1.54, 1.807) is 60.7 Å². The number of hydrogen-bond acceptors (Lipinski definition) is 4. The molecule has 3 aromatic carbocycles. The lowest BCUT2D eigenvalue weighted by Gasteiger charge is -2.23. The molecule has 0 spiro atoms. The average molecular weight is 487 g/mol. The Labute approximate surface area is 197 Å². The Hall–Kier alpha value is -2.80. The van der Waals surface area contributed by atoms with E-state index in [9.17, 15) is 13.2 Å². The molecule has 1 atom stereocenters. The Balaban J connectivity index is 1.86. The predicted molar refractivity (Wildman–Crippen MR) is 131 cm³/mol. The van der Waals surface area contributed by atoms with Crippen LogP contribution in [0.15, 0.2) is 77.7 Å². The summed E-state index contributed by atoms with van der Waals surface area (Å²) in [4.78, 5) is 16.4. The molecular weight excluding hydrogens is 467 g/mol. The normalized spacial score (nSPS) is 18.9. The monoisotopic (exact) mass is 486 g/mol. The van der Waals surface area contributed by atoms with Crippen LogP contribution >= 0.6 is 23.2 Å². The minimum atomic E-state index is -4.02. The van der Waals surface area contributed by atoms with E-state index >= 15 is 0 Å². The van der Waals surface area contributed by atoms with Crippen molar-refractivity contribution in [2.45, 2.75) is 5.37 Å². The number of sulfone groups is 1. The summed E-state index contributed by atoms with van der Waals surface area (Å²) in [6.45, 7) is 0. The molecule has 1 fully saturated rings. The highest BCUT2D eigenvalue weighted by Crippen LogP contribution is 2.43. The first-order chi connectivity index (χ1) is 15.2. The smallest absolute Gasteiger partial charge is 0.271 e. The maximum absolute atomic E-state index is 13.6. The Morgan fingerprint density at radius 1 is 0.844 bits per heavy atom. The molecule has 3 aromatic rings. The molecular formula is C24H20Cl2N2O3S. The number of amides is 1. The zero-order valence-corrected chi connectivity index (χ0v) is 19.7. The van der Waals surface area contributed by atoms with Crippen LogP contribution in [0, 0.1) is 0 Å². The van der Waals surface area contributed by atoms with Crippen LogP contribution in [0.1, 0.15) is 16.5 Å². The van der Waals surface area contributed by atoms with E-state index in [1.165, 1.54) is 11.0 Å². The molecule has 5 nitrogen and oxygen atoms in total. The van der Waals surface area contributed by atoms with Gasteiger partial charge in [-0.2, -0.15) is 0 Å². The zero-order valence-electron chi connectivity index (χ0n) is 17.4. The Morgan fingerprint density at radius 2 is 1.38 bits per heavy atom. The molecule has 0 N–H and O–H groups in total. The van der Waals surface area contributed by atoms with Crippen molar-refractivity contribution in [3.05, 3.63) is 98.9 Å². The van der Waals surface area contributed by atoms with Gasteiger partial charge < -0.3 is 4.90 Å². The molecule has 0 bridgehead atoms. The summed E-state index contributed by atoms with van der Waals surface area (Å²) in [5.74, 6) is -0.594. The minimum Gasteiger partial charge on any atom is -0.378 e. The maximum Gasteiger partial charge on any atom is 0.271 e. The van der Waals surface area contributed by atoms with Gasteiger partial charge in [-0.3, -0.25) is 9.69 Å². The number of carbonyl (C=O) groups excluding carboxylic acids is 1. The third-order valence-corrected chi connectivity index (χ3v) is 7.71. The first-order valence-electron chi connectivity index (χ1n) is 9.76. The van der Waals surface area contributed by atoms with Crippen LogP contribution in [-0.2, 0) is 14.6 Å². The SMILES string of the molecule is CN(C)c1ccc(/C=C2\C(=O)N(c3ccc(Cl)cc3)[C@H](c3ccc(Cl)cc3)S2(=O)=O)cc1. The van der Waals surface area contributed by atoms with Gasteiger partial charge in [0.25, 0.3) is 5.91 Å². The summed E-state index contributed by atoms with van der Waals surface area (Å²) in [5, 5.41) is -0.242. The lowest BCUT2D eigenvalue weighted by atomic mass is 10.1. The van der Waals surface area contributed by atoms with Crippen molar-refractivity contribution in [1.82, 2.24) is 0 Å². The van der Waals surface area contributed by atoms with Gasteiger partial charge in [-0.1, -0.05) is 47.5 Å². The molecule has 1 aliphatic rings. The number of benzene rings is 3. The summed E-state index contributed by atoms with van der Waals surface area (Å²) in [6, 6.07) is 20.3. The molecule has 32 heavy (non-hydrogen) atoms. The third kappa shape index (κ3) is 4.13. The van der Waals surface area contributed by atoms with Gasteiger partial charge in [-0.15, -0.1) is 0 Å². The highest BCUT2D eigenvalue weighted by molar-refractivity contribution is 7.97. The van der Waals surface area contributed by atoms with Crippen LogP contribution in [0.3, 0.4) is 0 Å². The zero-order chi connectivity index (χ0) is 23.0. The summed E-state index contributed by atoms with van der Waals surface area (Å²) < 4.78 is 27.2. The number of nitrogens with zero attached hydrogens (tertiary/aromatic N) is 2. The van der Waals surface area contributed by atoms with Crippen LogP contribution in [0.25, 0.3) is 6.08 Å². The van der Waals surface area contributed by atoms with Crippen LogP contribution in [0.2, 0.25) is 10.0 Å². The Morgan fingerprint density at radius 3 is 1.91 bits per heavy atom. The minimum absolute atomic E-state index is 0.259. The molecule has 0 aromatic heterocycles. The van der Waals surface area contributed by atoms with Gasteiger partial charge in [0.2, 0.25) is 9.84 Å². The second kappa shape index (κ2) is 8.62. The van der Waals surface area contributed by atoms with Gasteiger partial charge in [-0.05, 0) is 65.7 Å². The fourth-order valence-corrected chi connectivity index (χ4v) is 5.72. The van der Waals surface area contributed by atoms with E-state index in [0.29, 0.717) is 26.9 Å². The third-order valence-electron chi connectivity index (χ3n) is 5.23. The molecule has 4 rings (SSSR count). The van der Waals surface area contributed by atoms with Gasteiger partial charge in [-0.25, -0.2) is 8.42 Å². The molecule has 1 amide bonds. The molecule has 164 valence electrons. The lowest BCUT2D eigenvalue weighted by Crippen LogP contribution is -2.28. The summed E-state index contributed by atoms with van der Waals surface area (Å²) in [5.41, 5.74) is 2.48. The quantitative estimate of drug-likeness (QED) is 0.452. The van der Waals surface area contributed by atoms with E-state index in [-0.39, 0.29) is 4.91 Å². The second-order valence-corrected chi connectivity index (χ2v) is 10.4. The summed E-state index contributed by atoms with van der Waals surface area (Å²) in [6.07, 6.45) is 1.43. The first kappa shape index (κ1) is 22.4. The standard InChI is InChI=1S/C24H20Cl2N2O3S/c1-27(2)20-11-3-16(4-12-20)15-22-23(29)28(21-13-9-19(26)10-14-21)24(32(22,30)31)17-5-7-18(25)8-6-17/h3-15,24H,1-2H3/b22-15+/t24-/m0/s1. The largest absolute Gasteiger partial charge is 0.378 e. The van der Waals surface area contributed by atoms with Crippen molar-refractivity contribution in [3.63, 3.8) is 0 Å². The fraction of sp³-hybridized carbons (Fsp3) is 0.125. The van der Waals surface area contributed by atoms with E-state index < -0.39 is 21.1 Å². The van der Waals surface area contributed by atoms with Crippen molar-refractivity contribution in [1.29, 1.82) is 0 Å². The number of anilines is 2. The highest BCUT2D eigenvalue weighted by Gasteiger charge is 2.50. The van der Waals surface area contributed by atoms with Crippen molar-refractivity contribution in [2.75, 3.05) is 23.9 Å². The summed E-state index contributed by atoms with van der Waals surface area (Å²) in [7, 11) is -0.192. The number of halogens is 2. The molecule has 1 aliphatic heterocycles. The van der Waals surface area contributed by atoms with Crippen LogP contribution < -0.4 is 9.80 Å². The highest BCUT2D eigenvalue weighted by atomic mass is 35.5. The van der Waals surface area contributed by atoms with Gasteiger partial charge >= 0.3 is 0 Å². The van der Waals surface area contributed by atoms with E-state index in [4.69, 9.17) is 23.2 Å². The van der Waals surface area contributed by atoms with E-state index in [1.807, 2.05) is 31.1 Å². The van der Waals surface area contributed by atoms with Gasteiger partial charge in [0.1, 0.15) is 4.91 Å². The Bertz CT molecular complexity index is 1280. The molecule has 0 radical (unpaired) electrons. The van der Waals surface area contributed by atoms with Gasteiger partial charge in [0.15, 0.2) is 5.37 Å². The van der Waals surface area contributed by atoms with Crippen molar-refractivity contribution in [3.8, 4) is 0 Å². The van der Waals surface area contributed by atoms with E-state index in [2.05, 4.69) is 0 Å². The lowest BCUT2D eigenvalue weighted by molar-refractivity contribution is -0.114. The maximum atomic E-state index is 13.6. The fourth-order valence-electron chi connectivity index (χ4n) is 3.58. The van der Waals surface area contributed by atoms with Gasteiger partial charge in [0.05, 0.1) is 0 Å². The number of carbonyl (C=O) groups is 1. The predicted octanol–water partition coefficient (Wildman–Crippen LogP) is 5.56.